The van der Waals surface area contributed by atoms with Crippen LogP contribution in [0.15, 0.2) is 24.3 Å². The van der Waals surface area contributed by atoms with Crippen molar-refractivity contribution in [2.75, 3.05) is 45.0 Å². The third kappa shape index (κ3) is 4.69. The number of aromatic hydroxyl groups is 1. The van der Waals surface area contributed by atoms with Crippen LogP contribution in [0.25, 0.3) is 11.1 Å². The van der Waals surface area contributed by atoms with E-state index < -0.39 is 5.97 Å². The summed E-state index contributed by atoms with van der Waals surface area (Å²) in [5, 5.41) is 10.5. The number of rotatable bonds is 8. The fourth-order valence-electron chi connectivity index (χ4n) is 5.04. The van der Waals surface area contributed by atoms with Crippen LogP contribution in [0.5, 0.6) is 17.2 Å². The molecular weight excluding hydrogens is 479 g/mol. The number of amides is 1. The number of methoxy groups -OCH3 is 1. The lowest BCUT2D eigenvalue weighted by molar-refractivity contribution is -0.135. The van der Waals surface area contributed by atoms with E-state index >= 15 is 0 Å². The second-order valence-electron chi connectivity index (χ2n) is 8.50. The van der Waals surface area contributed by atoms with Gasteiger partial charge >= 0.3 is 5.97 Å². The Morgan fingerprint density at radius 3 is 2.56 bits per heavy atom. The number of phenols is 1. The number of nitrogens with zero attached hydrogens (tertiary/aromatic N) is 2. The Bertz CT molecular complexity index is 1100. The van der Waals surface area contributed by atoms with Crippen LogP contribution < -0.4 is 9.47 Å². The molecule has 0 bridgehead atoms. The molecule has 1 heterocycles. The summed E-state index contributed by atoms with van der Waals surface area (Å²) in [5.74, 6) is 1.30. The van der Waals surface area contributed by atoms with Crippen LogP contribution in [0, 0.1) is 0 Å². The molecular formula is C25H28Cl2N2O5. The van der Waals surface area contributed by atoms with Crippen molar-refractivity contribution in [3.05, 3.63) is 41.0 Å². The molecule has 0 spiro atoms. The maximum atomic E-state index is 13.4. The summed E-state index contributed by atoms with van der Waals surface area (Å²) < 4.78 is 11.1. The van der Waals surface area contributed by atoms with Gasteiger partial charge < -0.3 is 19.5 Å². The molecule has 9 heteroatoms. The van der Waals surface area contributed by atoms with E-state index in [1.54, 1.807) is 18.2 Å². The minimum absolute atomic E-state index is 0.0158. The molecule has 0 radical (unpaired) electrons. The summed E-state index contributed by atoms with van der Waals surface area (Å²) in [5.41, 5.74) is 4.37. The van der Waals surface area contributed by atoms with Crippen LogP contribution in [-0.4, -0.2) is 71.8 Å². The summed E-state index contributed by atoms with van der Waals surface area (Å²) in [6.07, 6.45) is 1.18. The Kier molecular flexibility index (Phi) is 7.55. The second-order valence-corrected chi connectivity index (χ2v) is 9.26. The topological polar surface area (TPSA) is 79.3 Å². The number of hydrogen-bond acceptors (Lipinski definition) is 6. The fraction of sp³-hybridized carbons (Fsp3) is 0.440. The van der Waals surface area contributed by atoms with Gasteiger partial charge in [-0.1, -0.05) is 6.07 Å². The van der Waals surface area contributed by atoms with Crippen molar-refractivity contribution in [2.45, 2.75) is 25.8 Å². The Morgan fingerprint density at radius 1 is 1.18 bits per heavy atom. The molecule has 1 aliphatic carbocycles. The van der Waals surface area contributed by atoms with Gasteiger partial charge in [0, 0.05) is 43.9 Å². The average molecular weight is 507 g/mol. The quantitative estimate of drug-likeness (QED) is 0.333. The number of carbonyl (C=O) groups is 2. The zero-order valence-electron chi connectivity index (χ0n) is 19.3. The van der Waals surface area contributed by atoms with Gasteiger partial charge in [0.05, 0.1) is 19.7 Å². The standard InChI is InChI=1S/C25H28Cl2N2O5/c1-15(30)34-25-21(33-2)4-3-16-12-20-23-17(11-18(31)13-19(23)24(16)25)5-8-29(20)22(32)14-28(9-6-26)10-7-27/h3-4,11,13,20,31H,5-10,12,14H2,1-2H3/t20-/m1/s1. The lowest BCUT2D eigenvalue weighted by atomic mass is 9.76. The van der Waals surface area contributed by atoms with Gasteiger partial charge in [-0.2, -0.15) is 0 Å². The SMILES string of the molecule is COc1ccc2c(c1OC(C)=O)-c1cc(O)cc3c1[C@@H](C2)N(C(=O)CN(CCCl)CCCl)CC3. The van der Waals surface area contributed by atoms with Crippen LogP contribution in [0.1, 0.15) is 29.7 Å². The lowest BCUT2D eigenvalue weighted by Crippen LogP contribution is -2.47. The first-order valence-electron chi connectivity index (χ1n) is 11.3. The Labute approximate surface area is 209 Å². The van der Waals surface area contributed by atoms with Gasteiger partial charge in [-0.05, 0) is 53.3 Å². The first-order chi connectivity index (χ1) is 16.4. The van der Waals surface area contributed by atoms with Crippen molar-refractivity contribution in [2.24, 2.45) is 0 Å². The van der Waals surface area contributed by atoms with Crippen molar-refractivity contribution in [3.8, 4) is 28.4 Å². The summed E-state index contributed by atoms with van der Waals surface area (Å²) >= 11 is 11.8. The molecule has 0 saturated heterocycles. The number of esters is 1. The van der Waals surface area contributed by atoms with E-state index in [4.69, 9.17) is 32.7 Å². The fourth-order valence-corrected chi connectivity index (χ4v) is 5.52. The minimum atomic E-state index is -0.460. The van der Waals surface area contributed by atoms with Crippen molar-refractivity contribution in [1.82, 2.24) is 9.80 Å². The van der Waals surface area contributed by atoms with E-state index in [1.165, 1.54) is 14.0 Å². The van der Waals surface area contributed by atoms with Gasteiger partial charge in [-0.25, -0.2) is 0 Å². The number of benzene rings is 2. The molecule has 4 rings (SSSR count). The van der Waals surface area contributed by atoms with Crippen LogP contribution >= 0.6 is 23.2 Å². The number of phenolic OH excluding ortho intramolecular Hbond substituents is 1. The highest BCUT2D eigenvalue weighted by atomic mass is 35.5. The highest BCUT2D eigenvalue weighted by molar-refractivity contribution is 6.18. The first-order valence-corrected chi connectivity index (χ1v) is 12.3. The number of fused-ring (bicyclic) bond motifs is 2. The molecule has 1 aliphatic heterocycles. The normalized spacial score (nSPS) is 16.1. The molecule has 0 saturated carbocycles. The Morgan fingerprint density at radius 2 is 1.91 bits per heavy atom. The zero-order valence-corrected chi connectivity index (χ0v) is 20.8. The van der Waals surface area contributed by atoms with Gasteiger partial charge in [0.2, 0.25) is 5.91 Å². The van der Waals surface area contributed by atoms with Gasteiger partial charge in [0.15, 0.2) is 11.5 Å². The predicted molar refractivity (Wildman–Crippen MR) is 131 cm³/mol. The maximum Gasteiger partial charge on any atom is 0.308 e. The maximum absolute atomic E-state index is 13.4. The highest BCUT2D eigenvalue weighted by Gasteiger charge is 2.39. The zero-order chi connectivity index (χ0) is 24.4. The molecule has 0 unspecified atom stereocenters. The minimum Gasteiger partial charge on any atom is -0.508 e. The van der Waals surface area contributed by atoms with E-state index in [2.05, 4.69) is 0 Å². The molecule has 0 aromatic heterocycles. The van der Waals surface area contributed by atoms with Gasteiger partial charge in [-0.15, -0.1) is 23.2 Å². The molecule has 2 aromatic rings. The Balaban J connectivity index is 1.78. The average Bonchev–Trinajstić information content (AvgIpc) is 2.79. The van der Waals surface area contributed by atoms with Crippen molar-refractivity contribution < 1.29 is 24.2 Å². The predicted octanol–water partition coefficient (Wildman–Crippen LogP) is 3.75. The smallest absolute Gasteiger partial charge is 0.308 e. The third-order valence-electron chi connectivity index (χ3n) is 6.42. The van der Waals surface area contributed by atoms with Crippen LogP contribution in [0.3, 0.4) is 0 Å². The monoisotopic (exact) mass is 506 g/mol. The largest absolute Gasteiger partial charge is 0.508 e. The van der Waals surface area contributed by atoms with Crippen molar-refractivity contribution in [3.63, 3.8) is 0 Å². The van der Waals surface area contributed by atoms with E-state index in [0.717, 1.165) is 27.8 Å². The third-order valence-corrected chi connectivity index (χ3v) is 6.76. The van der Waals surface area contributed by atoms with Crippen LogP contribution in [0.4, 0.5) is 0 Å². The number of alkyl halides is 2. The molecule has 7 nitrogen and oxygen atoms in total. The van der Waals surface area contributed by atoms with Crippen LogP contribution in [-0.2, 0) is 22.4 Å². The van der Waals surface area contributed by atoms with Crippen molar-refractivity contribution >= 4 is 35.1 Å². The number of halogens is 2. The second kappa shape index (κ2) is 10.4. The van der Waals surface area contributed by atoms with Gasteiger partial charge in [-0.3, -0.25) is 14.5 Å². The molecule has 1 amide bonds. The molecule has 34 heavy (non-hydrogen) atoms. The Hall–Kier alpha value is -2.48. The van der Waals surface area contributed by atoms with Crippen LogP contribution in [0.2, 0.25) is 0 Å². The van der Waals surface area contributed by atoms with E-state index in [-0.39, 0.29) is 24.2 Å². The van der Waals surface area contributed by atoms with Gasteiger partial charge in [0.25, 0.3) is 0 Å². The number of carbonyl (C=O) groups excluding carboxylic acids is 2. The summed E-state index contributed by atoms with van der Waals surface area (Å²) in [6.45, 7) is 3.31. The number of ether oxygens (including phenoxy) is 2. The molecule has 1 atom stereocenters. The highest BCUT2D eigenvalue weighted by Crippen LogP contribution is 2.52. The van der Waals surface area contributed by atoms with Crippen molar-refractivity contribution in [1.29, 1.82) is 0 Å². The molecule has 1 N–H and O–H groups in total. The van der Waals surface area contributed by atoms with E-state index in [1.807, 2.05) is 15.9 Å². The van der Waals surface area contributed by atoms with E-state index in [0.29, 0.717) is 55.7 Å². The molecule has 2 aromatic carbocycles. The summed E-state index contributed by atoms with van der Waals surface area (Å²) in [7, 11) is 1.52. The number of hydrogen-bond donors (Lipinski definition) is 1. The van der Waals surface area contributed by atoms with Gasteiger partial charge in [0.1, 0.15) is 5.75 Å². The molecule has 2 aliphatic rings. The molecule has 182 valence electrons. The summed E-state index contributed by atoms with van der Waals surface area (Å²) in [6, 6.07) is 6.95. The van der Waals surface area contributed by atoms with E-state index in [9.17, 15) is 14.7 Å². The lowest BCUT2D eigenvalue weighted by Gasteiger charge is -2.42. The first kappa shape index (κ1) is 24.6. The molecule has 0 fully saturated rings. The summed E-state index contributed by atoms with van der Waals surface area (Å²) in [4.78, 5) is 29.2.